The lowest BCUT2D eigenvalue weighted by atomic mass is 10.0. The lowest BCUT2D eigenvalue weighted by Crippen LogP contribution is -2.27. The van der Waals surface area contributed by atoms with Gasteiger partial charge in [-0.15, -0.1) is 0 Å². The normalized spacial score (nSPS) is 15.3. The van der Waals surface area contributed by atoms with E-state index in [-0.39, 0.29) is 16.5 Å². The van der Waals surface area contributed by atoms with Gasteiger partial charge in [-0.3, -0.25) is 4.79 Å². The van der Waals surface area contributed by atoms with E-state index in [0.717, 1.165) is 5.56 Å². The zero-order chi connectivity index (χ0) is 14.2. The number of hydrogen-bond donors (Lipinski definition) is 2. The van der Waals surface area contributed by atoms with Gasteiger partial charge in [-0.2, -0.15) is 4.99 Å². The number of hydrogen-bond acceptors (Lipinski definition) is 2. The molecule has 5 nitrogen and oxygen atoms in total. The van der Waals surface area contributed by atoms with E-state index in [0.29, 0.717) is 5.75 Å². The highest BCUT2D eigenvalue weighted by molar-refractivity contribution is 6.34. The summed E-state index contributed by atoms with van der Waals surface area (Å²) in [6.07, 6.45) is 3.78. The van der Waals surface area contributed by atoms with E-state index in [4.69, 9.17) is 27.8 Å². The first-order valence-corrected chi connectivity index (χ1v) is 6.02. The summed E-state index contributed by atoms with van der Waals surface area (Å²) in [6, 6.07) is 3.20. The lowest BCUT2D eigenvalue weighted by molar-refractivity contribution is 0.100. The molecule has 4 N–H and O–H groups in total. The molecule has 1 aliphatic heterocycles. The van der Waals surface area contributed by atoms with Gasteiger partial charge in [-0.05, 0) is 26.0 Å². The topological polar surface area (TPSA) is 90.7 Å². The van der Waals surface area contributed by atoms with Crippen molar-refractivity contribution in [2.45, 2.75) is 19.4 Å². The Balaban J connectivity index is 2.46. The van der Waals surface area contributed by atoms with Crippen LogP contribution >= 0.6 is 11.6 Å². The molecule has 1 aromatic carbocycles. The van der Waals surface area contributed by atoms with Crippen LogP contribution in [-0.2, 0) is 0 Å². The van der Waals surface area contributed by atoms with E-state index in [1.54, 1.807) is 12.1 Å². The van der Waals surface area contributed by atoms with Crippen LogP contribution in [0, 0.1) is 0 Å². The van der Waals surface area contributed by atoms with Crippen molar-refractivity contribution >= 4 is 29.5 Å². The average molecular weight is 280 g/mol. The molecule has 0 saturated carbocycles. The molecule has 1 heterocycles. The Morgan fingerprint density at radius 3 is 2.68 bits per heavy atom. The molecule has 0 unspecified atom stereocenters. The summed E-state index contributed by atoms with van der Waals surface area (Å²) in [7, 11) is 0. The minimum atomic E-state index is -0.578. The Hall–Kier alpha value is -2.01. The average Bonchev–Trinajstić information content (AvgIpc) is 2.25. The Kier molecular flexibility index (Phi) is 3.24. The van der Waals surface area contributed by atoms with Crippen molar-refractivity contribution in [3.05, 3.63) is 34.4 Å². The third-order valence-electron chi connectivity index (χ3n) is 2.60. The minimum Gasteiger partial charge on any atom is -0.483 e. The summed E-state index contributed by atoms with van der Waals surface area (Å²) in [6.45, 7) is 3.86. The molecule has 1 aromatic rings. The van der Waals surface area contributed by atoms with Crippen molar-refractivity contribution in [3.8, 4) is 5.75 Å². The van der Waals surface area contributed by atoms with Crippen LogP contribution in [0.25, 0.3) is 6.08 Å². The van der Waals surface area contributed by atoms with Crippen LogP contribution in [0.15, 0.2) is 23.2 Å². The molecule has 1 aliphatic rings. The van der Waals surface area contributed by atoms with E-state index in [2.05, 4.69) is 4.99 Å². The highest BCUT2D eigenvalue weighted by Crippen LogP contribution is 2.35. The molecule has 6 heteroatoms. The van der Waals surface area contributed by atoms with E-state index in [1.165, 1.54) is 0 Å². The van der Waals surface area contributed by atoms with Crippen LogP contribution in [0.3, 0.4) is 0 Å². The predicted molar refractivity (Wildman–Crippen MR) is 75.3 cm³/mol. The minimum absolute atomic E-state index is 0.238. The fourth-order valence-corrected chi connectivity index (χ4v) is 1.97. The molecule has 0 saturated heterocycles. The van der Waals surface area contributed by atoms with Crippen LogP contribution in [0.1, 0.15) is 29.8 Å². The summed E-state index contributed by atoms with van der Waals surface area (Å²) >= 11 is 6.06. The molecule has 0 fully saturated rings. The van der Waals surface area contributed by atoms with E-state index < -0.39 is 11.5 Å². The van der Waals surface area contributed by atoms with E-state index in [1.807, 2.05) is 26.0 Å². The van der Waals surface area contributed by atoms with Crippen molar-refractivity contribution in [2.24, 2.45) is 16.5 Å². The second-order valence-corrected chi connectivity index (χ2v) is 5.16. The molecule has 0 spiro atoms. The summed E-state index contributed by atoms with van der Waals surface area (Å²) in [5.74, 6) is -0.253. The number of amides is 1. The van der Waals surface area contributed by atoms with Gasteiger partial charge in [-0.1, -0.05) is 17.7 Å². The standard InChI is InChI=1S/C13H14ClN3O2/c1-13(2)4-3-7-5-8(11(18)17-12(15)16)9(14)6-10(7)19-13/h3-6H,1-2H3,(H4,15,16,17,18). The Morgan fingerprint density at radius 1 is 1.37 bits per heavy atom. The SMILES string of the molecule is CC1(C)C=Cc2cc(C(=O)N=C(N)N)c(Cl)cc2O1. The number of carbonyl (C=O) groups is 1. The summed E-state index contributed by atoms with van der Waals surface area (Å²) < 4.78 is 5.75. The largest absolute Gasteiger partial charge is 0.483 e. The number of ether oxygens (including phenoxy) is 1. The zero-order valence-electron chi connectivity index (χ0n) is 10.6. The number of halogens is 1. The number of benzene rings is 1. The summed E-state index contributed by atoms with van der Waals surface area (Å²) in [4.78, 5) is 15.3. The van der Waals surface area contributed by atoms with Gasteiger partial charge in [0.15, 0.2) is 5.96 Å². The third kappa shape index (κ3) is 2.88. The van der Waals surface area contributed by atoms with E-state index in [9.17, 15) is 4.79 Å². The second-order valence-electron chi connectivity index (χ2n) is 4.75. The Morgan fingerprint density at radius 2 is 2.05 bits per heavy atom. The number of carbonyl (C=O) groups excluding carboxylic acids is 1. The zero-order valence-corrected chi connectivity index (χ0v) is 11.4. The van der Waals surface area contributed by atoms with Gasteiger partial charge < -0.3 is 16.2 Å². The first kappa shape index (κ1) is 13.4. The number of fused-ring (bicyclic) bond motifs is 1. The van der Waals surface area contributed by atoms with Crippen molar-refractivity contribution in [1.29, 1.82) is 0 Å². The van der Waals surface area contributed by atoms with Crippen molar-refractivity contribution in [1.82, 2.24) is 0 Å². The van der Waals surface area contributed by atoms with Gasteiger partial charge in [0.05, 0.1) is 10.6 Å². The molecule has 0 radical (unpaired) electrons. The highest BCUT2D eigenvalue weighted by atomic mass is 35.5. The molecule has 0 aromatic heterocycles. The number of nitrogens with two attached hydrogens (primary N) is 2. The monoisotopic (exact) mass is 279 g/mol. The highest BCUT2D eigenvalue weighted by Gasteiger charge is 2.23. The first-order valence-electron chi connectivity index (χ1n) is 5.64. The van der Waals surface area contributed by atoms with Gasteiger partial charge in [0, 0.05) is 11.6 Å². The molecular formula is C13H14ClN3O2. The van der Waals surface area contributed by atoms with Gasteiger partial charge in [0.2, 0.25) is 0 Å². The quantitative estimate of drug-likeness (QED) is 0.607. The fraction of sp³-hybridized carbons (Fsp3) is 0.231. The van der Waals surface area contributed by atoms with Gasteiger partial charge in [0.1, 0.15) is 11.4 Å². The smallest absolute Gasteiger partial charge is 0.281 e. The van der Waals surface area contributed by atoms with Crippen LogP contribution in [0.4, 0.5) is 0 Å². The lowest BCUT2D eigenvalue weighted by Gasteiger charge is -2.28. The predicted octanol–water partition coefficient (Wildman–Crippen LogP) is 1.94. The van der Waals surface area contributed by atoms with Crippen molar-refractivity contribution in [3.63, 3.8) is 0 Å². The maximum Gasteiger partial charge on any atom is 0.281 e. The first-order chi connectivity index (χ1) is 8.78. The number of nitrogens with zero attached hydrogens (tertiary/aromatic N) is 1. The van der Waals surface area contributed by atoms with E-state index >= 15 is 0 Å². The number of aliphatic imine (C=N–C) groups is 1. The van der Waals surface area contributed by atoms with Gasteiger partial charge >= 0.3 is 0 Å². The van der Waals surface area contributed by atoms with Crippen LogP contribution in [-0.4, -0.2) is 17.5 Å². The molecule has 0 atom stereocenters. The Bertz CT molecular complexity index is 602. The van der Waals surface area contributed by atoms with Crippen molar-refractivity contribution < 1.29 is 9.53 Å². The molecule has 0 bridgehead atoms. The van der Waals surface area contributed by atoms with Gasteiger partial charge in [0.25, 0.3) is 5.91 Å². The molecule has 100 valence electrons. The van der Waals surface area contributed by atoms with Gasteiger partial charge in [-0.25, -0.2) is 0 Å². The summed E-state index contributed by atoms with van der Waals surface area (Å²) in [5, 5.41) is 0.250. The Labute approximate surface area is 115 Å². The van der Waals surface area contributed by atoms with Crippen molar-refractivity contribution in [2.75, 3.05) is 0 Å². The van der Waals surface area contributed by atoms with Crippen LogP contribution in [0.5, 0.6) is 5.75 Å². The van der Waals surface area contributed by atoms with Crippen LogP contribution in [0.2, 0.25) is 5.02 Å². The maximum absolute atomic E-state index is 11.8. The molecular weight excluding hydrogens is 266 g/mol. The third-order valence-corrected chi connectivity index (χ3v) is 2.91. The summed E-state index contributed by atoms with van der Waals surface area (Å²) in [5.41, 5.74) is 11.0. The maximum atomic E-state index is 11.8. The number of rotatable bonds is 1. The van der Waals surface area contributed by atoms with Crippen LogP contribution < -0.4 is 16.2 Å². The molecule has 0 aliphatic carbocycles. The molecule has 1 amide bonds. The number of guanidine groups is 1. The molecule has 2 rings (SSSR count). The molecule has 19 heavy (non-hydrogen) atoms. The fourth-order valence-electron chi connectivity index (χ4n) is 1.74. The second kappa shape index (κ2) is 4.59.